The first-order valence-electron chi connectivity index (χ1n) is 6.07. The van der Waals surface area contributed by atoms with Crippen LogP contribution in [0.25, 0.3) is 5.57 Å². The van der Waals surface area contributed by atoms with Gasteiger partial charge in [0.15, 0.2) is 0 Å². The fraction of sp³-hybridized carbons (Fsp3) is 0.125. The monoisotopic (exact) mass is 314 g/mol. The van der Waals surface area contributed by atoms with Gasteiger partial charge < -0.3 is 0 Å². The number of rotatable bonds is 1. The molecule has 3 heteroatoms. The average molecular weight is 315 g/mol. The Morgan fingerprint density at radius 3 is 2.21 bits per heavy atom. The third kappa shape index (κ3) is 2.15. The largest absolute Gasteiger partial charge is 0.290 e. The Kier molecular flexibility index (Phi) is 3.07. The molecule has 0 heterocycles. The van der Waals surface area contributed by atoms with Crippen LogP contribution in [-0.4, -0.2) is 11.6 Å². The van der Waals surface area contributed by atoms with E-state index in [-0.39, 0.29) is 17.6 Å². The molecular formula is C16H11BrO2. The molecule has 0 bridgehead atoms. The lowest BCUT2D eigenvalue weighted by Crippen LogP contribution is -2.33. The second-order valence-electron chi connectivity index (χ2n) is 4.66. The Morgan fingerprint density at radius 2 is 1.53 bits per heavy atom. The second kappa shape index (κ2) is 4.74. The molecule has 3 rings (SSSR count). The number of ketones is 2. The quantitative estimate of drug-likeness (QED) is 0.745. The third-order valence-electron chi connectivity index (χ3n) is 3.50. The van der Waals surface area contributed by atoms with Crippen molar-refractivity contribution in [1.82, 2.24) is 0 Å². The van der Waals surface area contributed by atoms with E-state index < -0.39 is 5.78 Å². The molecule has 0 spiro atoms. The van der Waals surface area contributed by atoms with Crippen molar-refractivity contribution >= 4 is 33.1 Å². The molecule has 0 aromatic heterocycles. The molecular weight excluding hydrogens is 304 g/mol. The third-order valence-corrected chi connectivity index (χ3v) is 4.03. The summed E-state index contributed by atoms with van der Waals surface area (Å²) in [5.74, 6) is -1.09. The van der Waals surface area contributed by atoms with E-state index in [1.165, 1.54) is 6.08 Å². The molecule has 1 aromatic rings. The van der Waals surface area contributed by atoms with Crippen molar-refractivity contribution in [2.24, 2.45) is 11.8 Å². The first-order valence-corrected chi connectivity index (χ1v) is 6.87. The van der Waals surface area contributed by atoms with Gasteiger partial charge in [-0.05, 0) is 29.3 Å². The summed E-state index contributed by atoms with van der Waals surface area (Å²) >= 11 is 3.39. The zero-order chi connectivity index (χ0) is 13.4. The smallest absolute Gasteiger partial charge is 0.222 e. The minimum Gasteiger partial charge on any atom is -0.290 e. The van der Waals surface area contributed by atoms with Gasteiger partial charge in [-0.1, -0.05) is 52.4 Å². The Morgan fingerprint density at radius 1 is 0.895 bits per heavy atom. The molecule has 1 aromatic carbocycles. The van der Waals surface area contributed by atoms with Gasteiger partial charge in [-0.3, -0.25) is 9.59 Å². The molecule has 0 aliphatic heterocycles. The zero-order valence-electron chi connectivity index (χ0n) is 10.0. The van der Waals surface area contributed by atoms with E-state index in [2.05, 4.69) is 15.9 Å². The van der Waals surface area contributed by atoms with Gasteiger partial charge >= 0.3 is 0 Å². The maximum atomic E-state index is 11.9. The summed E-state index contributed by atoms with van der Waals surface area (Å²) in [5, 5.41) is 0. The van der Waals surface area contributed by atoms with Crippen LogP contribution in [0.15, 0.2) is 59.1 Å². The van der Waals surface area contributed by atoms with Crippen LogP contribution in [0.2, 0.25) is 0 Å². The van der Waals surface area contributed by atoms with Gasteiger partial charge in [0.25, 0.3) is 0 Å². The summed E-state index contributed by atoms with van der Waals surface area (Å²) in [4.78, 5) is 23.7. The van der Waals surface area contributed by atoms with E-state index in [1.807, 2.05) is 48.6 Å². The standard InChI is InChI=1S/C16H11BrO2/c17-11-7-5-10(6-8-11)14-9-15(18)16(19)13-4-2-1-3-12(13)14/h1-9,12-13H. The Hall–Kier alpha value is -1.74. The molecule has 2 aliphatic rings. The lowest BCUT2D eigenvalue weighted by atomic mass is 9.73. The highest BCUT2D eigenvalue weighted by atomic mass is 79.9. The Labute approximate surface area is 119 Å². The molecule has 0 amide bonds. The van der Waals surface area contributed by atoms with Crippen molar-refractivity contribution in [2.75, 3.05) is 0 Å². The number of benzene rings is 1. The first-order chi connectivity index (χ1) is 9.16. The number of carbonyl (C=O) groups excluding carboxylic acids is 2. The number of hydrogen-bond acceptors (Lipinski definition) is 2. The molecule has 94 valence electrons. The van der Waals surface area contributed by atoms with Crippen LogP contribution in [0.3, 0.4) is 0 Å². The Balaban J connectivity index is 2.09. The van der Waals surface area contributed by atoms with Crippen molar-refractivity contribution in [3.05, 3.63) is 64.7 Å². The van der Waals surface area contributed by atoms with E-state index >= 15 is 0 Å². The summed E-state index contributed by atoms with van der Waals surface area (Å²) in [7, 11) is 0. The molecule has 2 nitrogen and oxygen atoms in total. The van der Waals surface area contributed by atoms with Crippen LogP contribution in [0.4, 0.5) is 0 Å². The number of Topliss-reactive ketones (excluding diaryl/α,β-unsaturated/α-hetero) is 1. The molecule has 2 aliphatic carbocycles. The predicted molar refractivity (Wildman–Crippen MR) is 77.4 cm³/mol. The highest BCUT2D eigenvalue weighted by molar-refractivity contribution is 9.10. The van der Waals surface area contributed by atoms with Crippen LogP contribution >= 0.6 is 15.9 Å². The Bertz CT molecular complexity index is 635. The fourth-order valence-corrected chi connectivity index (χ4v) is 2.81. The lowest BCUT2D eigenvalue weighted by molar-refractivity contribution is -0.136. The first kappa shape index (κ1) is 12.3. The molecule has 0 radical (unpaired) electrons. The van der Waals surface area contributed by atoms with Crippen molar-refractivity contribution in [2.45, 2.75) is 0 Å². The highest BCUT2D eigenvalue weighted by Crippen LogP contribution is 2.37. The summed E-state index contributed by atoms with van der Waals surface area (Å²) in [6.45, 7) is 0. The summed E-state index contributed by atoms with van der Waals surface area (Å²) < 4.78 is 0.991. The molecule has 19 heavy (non-hydrogen) atoms. The maximum Gasteiger partial charge on any atom is 0.222 e. The summed E-state index contributed by atoms with van der Waals surface area (Å²) in [6, 6.07) is 7.80. The van der Waals surface area contributed by atoms with Crippen molar-refractivity contribution in [3.63, 3.8) is 0 Å². The van der Waals surface area contributed by atoms with E-state index in [0.29, 0.717) is 0 Å². The molecule has 2 unspecified atom stereocenters. The fourth-order valence-electron chi connectivity index (χ4n) is 2.55. The van der Waals surface area contributed by atoms with Crippen molar-refractivity contribution < 1.29 is 9.59 Å². The number of carbonyl (C=O) groups is 2. The normalized spacial score (nSPS) is 25.2. The van der Waals surface area contributed by atoms with Gasteiger partial charge in [-0.2, -0.15) is 0 Å². The SMILES string of the molecule is O=C1C=C(c2ccc(Br)cc2)C2C=CC=CC2C1=O. The highest BCUT2D eigenvalue weighted by Gasteiger charge is 2.36. The topological polar surface area (TPSA) is 34.1 Å². The zero-order valence-corrected chi connectivity index (χ0v) is 11.6. The second-order valence-corrected chi connectivity index (χ2v) is 5.57. The van der Waals surface area contributed by atoms with Crippen LogP contribution in [0.1, 0.15) is 5.56 Å². The van der Waals surface area contributed by atoms with Gasteiger partial charge in [0, 0.05) is 10.4 Å². The number of halogens is 1. The summed E-state index contributed by atoms with van der Waals surface area (Å²) in [6.07, 6.45) is 9.05. The molecule has 0 saturated heterocycles. The van der Waals surface area contributed by atoms with Gasteiger partial charge in [0.05, 0.1) is 5.92 Å². The average Bonchev–Trinajstić information content (AvgIpc) is 2.44. The minimum atomic E-state index is -0.404. The van der Waals surface area contributed by atoms with Crippen molar-refractivity contribution in [3.8, 4) is 0 Å². The van der Waals surface area contributed by atoms with Gasteiger partial charge in [-0.25, -0.2) is 0 Å². The van der Waals surface area contributed by atoms with Crippen LogP contribution in [0, 0.1) is 11.8 Å². The van der Waals surface area contributed by atoms with E-state index in [0.717, 1.165) is 15.6 Å². The predicted octanol–water partition coefficient (Wildman–Crippen LogP) is 3.34. The van der Waals surface area contributed by atoms with Gasteiger partial charge in [-0.15, -0.1) is 0 Å². The molecule has 0 N–H and O–H groups in total. The number of allylic oxidation sites excluding steroid dienone is 6. The van der Waals surface area contributed by atoms with E-state index in [4.69, 9.17) is 0 Å². The maximum absolute atomic E-state index is 11.9. The molecule has 0 fully saturated rings. The van der Waals surface area contributed by atoms with E-state index in [9.17, 15) is 9.59 Å². The van der Waals surface area contributed by atoms with Crippen LogP contribution in [0.5, 0.6) is 0 Å². The van der Waals surface area contributed by atoms with Gasteiger partial charge in [0.1, 0.15) is 0 Å². The van der Waals surface area contributed by atoms with Gasteiger partial charge in [0.2, 0.25) is 11.6 Å². The molecule has 0 saturated carbocycles. The van der Waals surface area contributed by atoms with Crippen LogP contribution < -0.4 is 0 Å². The van der Waals surface area contributed by atoms with E-state index in [1.54, 1.807) is 0 Å². The lowest BCUT2D eigenvalue weighted by Gasteiger charge is -2.28. The summed E-state index contributed by atoms with van der Waals surface area (Å²) in [5.41, 5.74) is 1.90. The number of fused-ring (bicyclic) bond motifs is 1. The van der Waals surface area contributed by atoms with Crippen LogP contribution in [-0.2, 0) is 9.59 Å². The number of hydrogen-bond donors (Lipinski definition) is 0. The van der Waals surface area contributed by atoms with Crippen molar-refractivity contribution in [1.29, 1.82) is 0 Å². The minimum absolute atomic E-state index is 0.0311. The molecule has 2 atom stereocenters.